The van der Waals surface area contributed by atoms with Crippen molar-refractivity contribution in [3.8, 4) is 0 Å². The third-order valence-electron chi connectivity index (χ3n) is 4.15. The highest BCUT2D eigenvalue weighted by atomic mass is 16.2. The number of carbonyl (C=O) groups excluding carboxylic acids is 1. The van der Waals surface area contributed by atoms with Gasteiger partial charge in [0.1, 0.15) is 0 Å². The Morgan fingerprint density at radius 1 is 1.26 bits per heavy atom. The number of hydrogen-bond donors (Lipinski definition) is 1. The molecule has 2 amide bonds. The van der Waals surface area contributed by atoms with Crippen LogP contribution in [0.5, 0.6) is 0 Å². The van der Waals surface area contributed by atoms with E-state index in [0.717, 1.165) is 12.1 Å². The van der Waals surface area contributed by atoms with Crippen molar-refractivity contribution in [2.24, 2.45) is 11.8 Å². The van der Waals surface area contributed by atoms with Crippen LogP contribution in [0.25, 0.3) is 0 Å². The van der Waals surface area contributed by atoms with Crippen LogP contribution in [0.4, 0.5) is 4.79 Å². The lowest BCUT2D eigenvalue weighted by molar-refractivity contribution is 0.101. The second-order valence-electron chi connectivity index (χ2n) is 5.86. The first-order chi connectivity index (χ1) is 9.08. The number of benzene rings is 1. The molecule has 0 bridgehead atoms. The van der Waals surface area contributed by atoms with Crippen LogP contribution >= 0.6 is 0 Å². The first-order valence-corrected chi connectivity index (χ1v) is 7.16. The number of piperidine rings is 1. The first kappa shape index (κ1) is 13.9. The fraction of sp³-hybridized carbons (Fsp3) is 0.562. The average molecular weight is 260 g/mol. The number of amides is 2. The van der Waals surface area contributed by atoms with Gasteiger partial charge in [-0.1, -0.05) is 44.2 Å². The maximum absolute atomic E-state index is 12.3. The molecule has 1 aromatic rings. The third-order valence-corrected chi connectivity index (χ3v) is 4.15. The third kappa shape index (κ3) is 3.49. The van der Waals surface area contributed by atoms with Gasteiger partial charge in [0, 0.05) is 19.1 Å². The molecule has 0 aliphatic carbocycles. The van der Waals surface area contributed by atoms with Crippen molar-refractivity contribution < 1.29 is 4.79 Å². The molecule has 3 unspecified atom stereocenters. The summed E-state index contributed by atoms with van der Waals surface area (Å²) in [5.41, 5.74) is 1.14. The summed E-state index contributed by atoms with van der Waals surface area (Å²) in [6, 6.07) is 10.4. The minimum atomic E-state index is 0.0646. The van der Waals surface area contributed by atoms with Crippen LogP contribution in [0, 0.1) is 11.8 Å². The molecule has 0 radical (unpaired) electrons. The van der Waals surface area contributed by atoms with E-state index in [1.165, 1.54) is 6.42 Å². The SMILES string of the molecule is CC1CC(C)C(C)N(C(=O)NCc2ccccc2)C1. The van der Waals surface area contributed by atoms with Gasteiger partial charge in [0.2, 0.25) is 0 Å². The normalized spacial score (nSPS) is 27.1. The Morgan fingerprint density at radius 2 is 1.95 bits per heavy atom. The Bertz CT molecular complexity index is 418. The Morgan fingerprint density at radius 3 is 2.63 bits per heavy atom. The van der Waals surface area contributed by atoms with Gasteiger partial charge in [0.15, 0.2) is 0 Å². The van der Waals surface area contributed by atoms with E-state index < -0.39 is 0 Å². The smallest absolute Gasteiger partial charge is 0.317 e. The van der Waals surface area contributed by atoms with E-state index in [1.54, 1.807) is 0 Å². The van der Waals surface area contributed by atoms with Gasteiger partial charge in [-0.3, -0.25) is 0 Å². The van der Waals surface area contributed by atoms with E-state index in [1.807, 2.05) is 35.2 Å². The number of hydrogen-bond acceptors (Lipinski definition) is 1. The highest BCUT2D eigenvalue weighted by Gasteiger charge is 2.31. The topological polar surface area (TPSA) is 32.3 Å². The Balaban J connectivity index is 1.92. The predicted octanol–water partition coefficient (Wildman–Crippen LogP) is 3.26. The van der Waals surface area contributed by atoms with Gasteiger partial charge < -0.3 is 10.2 Å². The number of urea groups is 1. The maximum Gasteiger partial charge on any atom is 0.317 e. The monoisotopic (exact) mass is 260 g/mol. The van der Waals surface area contributed by atoms with Crippen LogP contribution in [0.3, 0.4) is 0 Å². The number of likely N-dealkylation sites (tertiary alicyclic amines) is 1. The molecule has 1 aliphatic rings. The summed E-state index contributed by atoms with van der Waals surface area (Å²) in [4.78, 5) is 14.3. The minimum absolute atomic E-state index is 0.0646. The minimum Gasteiger partial charge on any atom is -0.334 e. The zero-order chi connectivity index (χ0) is 13.8. The van der Waals surface area contributed by atoms with Crippen LogP contribution in [0.15, 0.2) is 30.3 Å². The van der Waals surface area contributed by atoms with Crippen LogP contribution < -0.4 is 5.32 Å². The van der Waals surface area contributed by atoms with Crippen molar-refractivity contribution in [1.29, 1.82) is 0 Å². The maximum atomic E-state index is 12.3. The van der Waals surface area contributed by atoms with E-state index in [0.29, 0.717) is 24.4 Å². The molecule has 19 heavy (non-hydrogen) atoms. The van der Waals surface area contributed by atoms with Crippen LogP contribution in [0.1, 0.15) is 32.8 Å². The van der Waals surface area contributed by atoms with Crippen LogP contribution in [0.2, 0.25) is 0 Å². The highest BCUT2D eigenvalue weighted by Crippen LogP contribution is 2.26. The summed E-state index contributed by atoms with van der Waals surface area (Å²) in [7, 11) is 0. The zero-order valence-corrected chi connectivity index (χ0v) is 12.1. The fourth-order valence-electron chi connectivity index (χ4n) is 2.86. The summed E-state index contributed by atoms with van der Waals surface area (Å²) in [6.07, 6.45) is 1.21. The lowest BCUT2D eigenvalue weighted by Crippen LogP contribution is -2.52. The van der Waals surface area contributed by atoms with Crippen molar-refractivity contribution in [1.82, 2.24) is 10.2 Å². The molecule has 0 aromatic heterocycles. The van der Waals surface area contributed by atoms with Crippen LogP contribution in [-0.4, -0.2) is 23.5 Å². The molecule has 1 aromatic carbocycles. The second kappa shape index (κ2) is 6.09. The Kier molecular flexibility index (Phi) is 4.46. The first-order valence-electron chi connectivity index (χ1n) is 7.16. The molecule has 0 saturated carbocycles. The molecule has 3 nitrogen and oxygen atoms in total. The van der Waals surface area contributed by atoms with Crippen molar-refractivity contribution in [2.45, 2.75) is 39.8 Å². The predicted molar refractivity (Wildman–Crippen MR) is 77.8 cm³/mol. The van der Waals surface area contributed by atoms with Gasteiger partial charge >= 0.3 is 6.03 Å². The molecule has 104 valence electrons. The summed E-state index contributed by atoms with van der Waals surface area (Å²) >= 11 is 0. The van der Waals surface area contributed by atoms with Crippen molar-refractivity contribution in [2.75, 3.05) is 6.54 Å². The van der Waals surface area contributed by atoms with E-state index in [-0.39, 0.29) is 6.03 Å². The fourth-order valence-corrected chi connectivity index (χ4v) is 2.86. The van der Waals surface area contributed by atoms with Gasteiger partial charge in [0.05, 0.1) is 0 Å². The quantitative estimate of drug-likeness (QED) is 0.869. The largest absolute Gasteiger partial charge is 0.334 e. The number of nitrogens with zero attached hydrogens (tertiary/aromatic N) is 1. The van der Waals surface area contributed by atoms with E-state index in [2.05, 4.69) is 26.1 Å². The molecular formula is C16H24N2O. The molecule has 1 N–H and O–H groups in total. The van der Waals surface area contributed by atoms with Crippen molar-refractivity contribution in [3.63, 3.8) is 0 Å². The summed E-state index contributed by atoms with van der Waals surface area (Å²) in [6.45, 7) is 8.08. The van der Waals surface area contributed by atoms with Crippen molar-refractivity contribution in [3.05, 3.63) is 35.9 Å². The van der Waals surface area contributed by atoms with E-state index >= 15 is 0 Å². The lowest BCUT2D eigenvalue weighted by Gasteiger charge is -2.41. The Labute approximate surface area is 116 Å². The standard InChI is InChI=1S/C16H24N2O/c1-12-9-13(2)14(3)18(11-12)16(19)17-10-15-7-5-4-6-8-15/h4-8,12-14H,9-11H2,1-3H3,(H,17,19). The van der Waals surface area contributed by atoms with Crippen LogP contribution in [-0.2, 0) is 6.54 Å². The molecular weight excluding hydrogens is 236 g/mol. The van der Waals surface area contributed by atoms with Gasteiger partial charge in [-0.25, -0.2) is 4.79 Å². The van der Waals surface area contributed by atoms with Gasteiger partial charge in [-0.2, -0.15) is 0 Å². The number of carbonyl (C=O) groups is 1. The molecule has 1 heterocycles. The lowest BCUT2D eigenvalue weighted by atomic mass is 9.86. The molecule has 3 heteroatoms. The van der Waals surface area contributed by atoms with Gasteiger partial charge in [-0.05, 0) is 30.7 Å². The number of nitrogens with one attached hydrogen (secondary N) is 1. The van der Waals surface area contributed by atoms with Gasteiger partial charge in [0.25, 0.3) is 0 Å². The molecule has 1 fully saturated rings. The molecule has 2 rings (SSSR count). The zero-order valence-electron chi connectivity index (χ0n) is 12.1. The van der Waals surface area contributed by atoms with E-state index in [9.17, 15) is 4.79 Å². The summed E-state index contributed by atoms with van der Waals surface area (Å²) < 4.78 is 0. The highest BCUT2D eigenvalue weighted by molar-refractivity contribution is 5.74. The van der Waals surface area contributed by atoms with Crippen molar-refractivity contribution >= 4 is 6.03 Å². The Hall–Kier alpha value is -1.51. The second-order valence-corrected chi connectivity index (χ2v) is 5.86. The average Bonchev–Trinajstić information content (AvgIpc) is 2.41. The van der Waals surface area contributed by atoms with E-state index in [4.69, 9.17) is 0 Å². The molecule has 0 spiro atoms. The number of rotatable bonds is 2. The summed E-state index contributed by atoms with van der Waals surface area (Å²) in [5, 5.41) is 3.03. The summed E-state index contributed by atoms with van der Waals surface area (Å²) in [5.74, 6) is 1.17. The van der Waals surface area contributed by atoms with Gasteiger partial charge in [-0.15, -0.1) is 0 Å². The molecule has 1 saturated heterocycles. The molecule has 3 atom stereocenters. The molecule has 1 aliphatic heterocycles.